The van der Waals surface area contributed by atoms with E-state index in [1.54, 1.807) is 0 Å². The van der Waals surface area contributed by atoms with E-state index in [4.69, 9.17) is 11.2 Å². The fraction of sp³-hybridized carbons (Fsp3) is 0.200. The summed E-state index contributed by atoms with van der Waals surface area (Å²) in [5.74, 6) is 0.184. The number of sulfonamides is 1. The Balaban J connectivity index is 2.06. The van der Waals surface area contributed by atoms with Gasteiger partial charge in [-0.2, -0.15) is 17.9 Å². The van der Waals surface area contributed by atoms with E-state index in [1.165, 1.54) is 19.1 Å². The third-order valence-corrected chi connectivity index (χ3v) is 5.33. The quantitative estimate of drug-likeness (QED) is 0.495. The lowest BCUT2D eigenvalue weighted by molar-refractivity contribution is -0.137. The molecule has 164 valence electrons. The molecule has 0 aromatic heterocycles. The van der Waals surface area contributed by atoms with Crippen molar-refractivity contribution in [2.45, 2.75) is 24.1 Å². The highest BCUT2D eigenvalue weighted by molar-refractivity contribution is 7.89. The topological polar surface area (TPSA) is 102 Å². The van der Waals surface area contributed by atoms with Crippen LogP contribution in [0.2, 0.25) is 0 Å². The zero-order valence-corrected chi connectivity index (χ0v) is 16.9. The van der Waals surface area contributed by atoms with E-state index in [2.05, 4.69) is 16.0 Å². The molecule has 0 aliphatic heterocycles. The van der Waals surface area contributed by atoms with Gasteiger partial charge in [-0.25, -0.2) is 13.2 Å². The molecule has 11 heteroatoms. The number of benzene rings is 2. The Morgan fingerprint density at radius 1 is 1.13 bits per heavy atom. The lowest BCUT2D eigenvalue weighted by Crippen LogP contribution is -2.30. The highest BCUT2D eigenvalue weighted by atomic mass is 32.2. The standard InChI is InChI=1S/C20H17F3N2O5S/c1-3-12-24-31(28,29)15-10-8-14(9-11-15)19(27)30-13(2)18(26)25-17-7-5-4-6-16(17)20(21,22)23/h1,4-11,13,24H,12H2,2H3,(H,25,26). The summed E-state index contributed by atoms with van der Waals surface area (Å²) in [6.07, 6.45) is -1.10. The average Bonchev–Trinajstić information content (AvgIpc) is 2.72. The van der Waals surface area contributed by atoms with Crippen molar-refractivity contribution in [1.29, 1.82) is 0 Å². The van der Waals surface area contributed by atoms with Crippen molar-refractivity contribution in [3.05, 3.63) is 59.7 Å². The minimum atomic E-state index is -4.68. The van der Waals surface area contributed by atoms with Crippen molar-refractivity contribution in [1.82, 2.24) is 4.72 Å². The molecule has 2 aromatic rings. The van der Waals surface area contributed by atoms with E-state index in [0.717, 1.165) is 36.4 Å². The smallest absolute Gasteiger partial charge is 0.418 e. The van der Waals surface area contributed by atoms with Crippen LogP contribution >= 0.6 is 0 Å². The molecule has 2 rings (SSSR count). The van der Waals surface area contributed by atoms with Crippen molar-refractivity contribution in [2.75, 3.05) is 11.9 Å². The predicted octanol–water partition coefficient (Wildman–Crippen LogP) is 2.80. The third-order valence-electron chi connectivity index (χ3n) is 3.91. The van der Waals surface area contributed by atoms with E-state index < -0.39 is 45.4 Å². The first-order chi connectivity index (χ1) is 14.5. The molecule has 1 atom stereocenters. The fourth-order valence-corrected chi connectivity index (χ4v) is 3.28. The van der Waals surface area contributed by atoms with Crippen molar-refractivity contribution in [2.24, 2.45) is 0 Å². The zero-order valence-electron chi connectivity index (χ0n) is 16.1. The monoisotopic (exact) mass is 454 g/mol. The molecule has 1 amide bonds. The first-order valence-corrected chi connectivity index (χ1v) is 10.2. The first kappa shape index (κ1) is 23.9. The molecule has 0 radical (unpaired) electrons. The van der Waals surface area contributed by atoms with Gasteiger partial charge in [0.05, 0.1) is 28.3 Å². The number of rotatable bonds is 7. The number of amides is 1. The first-order valence-electron chi connectivity index (χ1n) is 8.67. The normalized spacial score (nSPS) is 12.5. The molecule has 7 nitrogen and oxygen atoms in total. The Morgan fingerprint density at radius 2 is 1.74 bits per heavy atom. The van der Waals surface area contributed by atoms with Gasteiger partial charge in [0.1, 0.15) is 0 Å². The van der Waals surface area contributed by atoms with E-state index in [9.17, 15) is 31.2 Å². The van der Waals surface area contributed by atoms with Crippen LogP contribution in [0.25, 0.3) is 0 Å². The number of alkyl halides is 3. The molecule has 2 N–H and O–H groups in total. The zero-order chi connectivity index (χ0) is 23.2. The van der Waals surface area contributed by atoms with Gasteiger partial charge in [0.15, 0.2) is 6.10 Å². The summed E-state index contributed by atoms with van der Waals surface area (Å²) < 4.78 is 70.1. The Morgan fingerprint density at radius 3 is 2.32 bits per heavy atom. The Hall–Kier alpha value is -3.36. The molecule has 0 bridgehead atoms. The van der Waals surface area contributed by atoms with Crippen LogP contribution in [0.15, 0.2) is 53.4 Å². The summed E-state index contributed by atoms with van der Waals surface area (Å²) in [6, 6.07) is 8.97. The van der Waals surface area contributed by atoms with E-state index in [1.807, 2.05) is 0 Å². The molecule has 0 aliphatic carbocycles. The summed E-state index contributed by atoms with van der Waals surface area (Å²) in [5.41, 5.74) is -1.58. The molecule has 0 saturated carbocycles. The van der Waals surface area contributed by atoms with E-state index in [-0.39, 0.29) is 17.0 Å². The number of nitrogens with one attached hydrogen (secondary N) is 2. The predicted molar refractivity (Wildman–Crippen MR) is 105 cm³/mol. The number of ether oxygens (including phenoxy) is 1. The number of terminal acetylenes is 1. The second kappa shape index (κ2) is 9.63. The largest absolute Gasteiger partial charge is 0.449 e. The Kier molecular flexibility index (Phi) is 7.43. The average molecular weight is 454 g/mol. The van der Waals surface area contributed by atoms with Crippen LogP contribution in [0, 0.1) is 12.3 Å². The molecule has 0 heterocycles. The van der Waals surface area contributed by atoms with Gasteiger partial charge in [-0.3, -0.25) is 4.79 Å². The second-order valence-electron chi connectivity index (χ2n) is 6.13. The van der Waals surface area contributed by atoms with Crippen LogP contribution in [-0.4, -0.2) is 32.9 Å². The third kappa shape index (κ3) is 6.31. The number of esters is 1. The van der Waals surface area contributed by atoms with Gasteiger partial charge in [0, 0.05) is 0 Å². The molecule has 0 saturated heterocycles. The maximum Gasteiger partial charge on any atom is 0.418 e. The Labute approximate surface area is 176 Å². The van der Waals surface area contributed by atoms with Crippen molar-refractivity contribution >= 4 is 27.6 Å². The fourth-order valence-electron chi connectivity index (χ4n) is 2.35. The van der Waals surface area contributed by atoms with Gasteiger partial charge in [-0.15, -0.1) is 6.42 Å². The van der Waals surface area contributed by atoms with Crippen LogP contribution in [0.3, 0.4) is 0 Å². The number of carbonyl (C=O) groups excluding carboxylic acids is 2. The van der Waals surface area contributed by atoms with Crippen molar-refractivity contribution < 1.29 is 35.9 Å². The highest BCUT2D eigenvalue weighted by Crippen LogP contribution is 2.34. The molecule has 0 spiro atoms. The van der Waals surface area contributed by atoms with Gasteiger partial charge in [-0.1, -0.05) is 18.1 Å². The summed E-state index contributed by atoms with van der Waals surface area (Å²) in [6.45, 7) is 0.974. The minimum absolute atomic E-state index is 0.0637. The number of halogens is 3. The minimum Gasteiger partial charge on any atom is -0.449 e. The van der Waals surface area contributed by atoms with Gasteiger partial charge in [-0.05, 0) is 43.3 Å². The maximum absolute atomic E-state index is 13.0. The summed E-state index contributed by atoms with van der Waals surface area (Å²) in [4.78, 5) is 24.2. The number of hydrogen-bond donors (Lipinski definition) is 2. The molecule has 0 aliphatic rings. The molecule has 2 aromatic carbocycles. The van der Waals surface area contributed by atoms with Crippen LogP contribution < -0.4 is 10.0 Å². The van der Waals surface area contributed by atoms with Gasteiger partial charge in [0.25, 0.3) is 5.91 Å². The molecular formula is C20H17F3N2O5S. The SMILES string of the molecule is C#CCNS(=O)(=O)c1ccc(C(=O)OC(C)C(=O)Nc2ccccc2C(F)(F)F)cc1. The van der Waals surface area contributed by atoms with Gasteiger partial charge >= 0.3 is 12.1 Å². The number of anilines is 1. The number of carbonyl (C=O) groups is 2. The van der Waals surface area contributed by atoms with E-state index >= 15 is 0 Å². The summed E-state index contributed by atoms with van der Waals surface area (Å²) in [7, 11) is -3.85. The lowest BCUT2D eigenvalue weighted by Gasteiger charge is -2.17. The second-order valence-corrected chi connectivity index (χ2v) is 7.90. The molecule has 1 unspecified atom stereocenters. The molecular weight excluding hydrogens is 437 g/mol. The van der Waals surface area contributed by atoms with Gasteiger partial charge < -0.3 is 10.1 Å². The van der Waals surface area contributed by atoms with Crippen LogP contribution in [0.1, 0.15) is 22.8 Å². The maximum atomic E-state index is 13.0. The van der Waals surface area contributed by atoms with Crippen molar-refractivity contribution in [3.8, 4) is 12.3 Å². The Bertz CT molecular complexity index is 1110. The number of hydrogen-bond acceptors (Lipinski definition) is 5. The molecule has 31 heavy (non-hydrogen) atoms. The van der Waals surface area contributed by atoms with Gasteiger partial charge in [0.2, 0.25) is 10.0 Å². The highest BCUT2D eigenvalue weighted by Gasteiger charge is 2.34. The van der Waals surface area contributed by atoms with E-state index in [0.29, 0.717) is 0 Å². The van der Waals surface area contributed by atoms with Crippen molar-refractivity contribution in [3.63, 3.8) is 0 Å². The van der Waals surface area contributed by atoms with Crippen LogP contribution in [-0.2, 0) is 25.7 Å². The number of para-hydroxylation sites is 1. The summed E-state index contributed by atoms with van der Waals surface area (Å²) >= 11 is 0. The molecule has 0 fully saturated rings. The van der Waals surface area contributed by atoms with Crippen LogP contribution in [0.5, 0.6) is 0 Å². The summed E-state index contributed by atoms with van der Waals surface area (Å²) in [5, 5.41) is 2.08. The lowest BCUT2D eigenvalue weighted by atomic mass is 10.1. The van der Waals surface area contributed by atoms with Crippen LogP contribution in [0.4, 0.5) is 18.9 Å².